The van der Waals surface area contributed by atoms with Gasteiger partial charge in [0.05, 0.1) is 6.54 Å². The predicted octanol–water partition coefficient (Wildman–Crippen LogP) is 1.61. The highest BCUT2D eigenvalue weighted by molar-refractivity contribution is 5.94. The first kappa shape index (κ1) is 14.0. The van der Waals surface area contributed by atoms with Gasteiger partial charge in [-0.15, -0.1) is 0 Å². The van der Waals surface area contributed by atoms with Crippen LogP contribution < -0.4 is 11.1 Å². The molecular formula is C14H19N5O. The summed E-state index contributed by atoms with van der Waals surface area (Å²) in [6.45, 7) is 6.42. The SMILES string of the molecule is CC(C)(C)c1n[nH]c(CNC(=O)c2ccc(N)cc2)n1. The van der Waals surface area contributed by atoms with Crippen LogP contribution in [0.4, 0.5) is 5.69 Å². The second kappa shape index (κ2) is 5.32. The van der Waals surface area contributed by atoms with Crippen LogP contribution in [-0.4, -0.2) is 21.1 Å². The molecule has 2 rings (SSSR count). The lowest BCUT2D eigenvalue weighted by molar-refractivity contribution is 0.0950. The summed E-state index contributed by atoms with van der Waals surface area (Å²) in [5.41, 5.74) is 6.66. The summed E-state index contributed by atoms with van der Waals surface area (Å²) >= 11 is 0. The van der Waals surface area contributed by atoms with Crippen molar-refractivity contribution in [3.8, 4) is 0 Å². The fourth-order valence-electron chi connectivity index (χ4n) is 1.61. The third kappa shape index (κ3) is 3.34. The Morgan fingerprint density at radius 2 is 1.95 bits per heavy atom. The number of nitrogens with zero attached hydrogens (tertiary/aromatic N) is 2. The second-order valence-electron chi connectivity index (χ2n) is 5.66. The lowest BCUT2D eigenvalue weighted by Gasteiger charge is -2.11. The Balaban J connectivity index is 1.97. The maximum atomic E-state index is 11.9. The fourth-order valence-corrected chi connectivity index (χ4v) is 1.61. The molecule has 0 aliphatic heterocycles. The quantitative estimate of drug-likeness (QED) is 0.740. The number of nitrogen functional groups attached to an aromatic ring is 1. The topological polar surface area (TPSA) is 96.7 Å². The number of anilines is 1. The van der Waals surface area contributed by atoms with Crippen molar-refractivity contribution in [1.82, 2.24) is 20.5 Å². The zero-order valence-electron chi connectivity index (χ0n) is 11.9. The van der Waals surface area contributed by atoms with Gasteiger partial charge in [0.25, 0.3) is 5.91 Å². The average molecular weight is 273 g/mol. The van der Waals surface area contributed by atoms with E-state index in [0.29, 0.717) is 23.6 Å². The Morgan fingerprint density at radius 1 is 1.30 bits per heavy atom. The zero-order valence-corrected chi connectivity index (χ0v) is 11.9. The van der Waals surface area contributed by atoms with E-state index in [1.165, 1.54) is 0 Å². The van der Waals surface area contributed by atoms with Gasteiger partial charge in [-0.25, -0.2) is 4.98 Å². The molecule has 0 fully saturated rings. The van der Waals surface area contributed by atoms with Crippen LogP contribution in [0.15, 0.2) is 24.3 Å². The molecule has 1 aromatic carbocycles. The molecule has 1 amide bonds. The number of carbonyl (C=O) groups is 1. The van der Waals surface area contributed by atoms with E-state index >= 15 is 0 Å². The highest BCUT2D eigenvalue weighted by atomic mass is 16.1. The van der Waals surface area contributed by atoms with Crippen molar-refractivity contribution in [3.05, 3.63) is 41.5 Å². The van der Waals surface area contributed by atoms with Crippen molar-refractivity contribution < 1.29 is 4.79 Å². The van der Waals surface area contributed by atoms with Gasteiger partial charge in [0.2, 0.25) is 0 Å². The number of aromatic amines is 1. The Hall–Kier alpha value is -2.37. The average Bonchev–Trinajstić information content (AvgIpc) is 2.85. The van der Waals surface area contributed by atoms with Crippen molar-refractivity contribution >= 4 is 11.6 Å². The first-order chi connectivity index (χ1) is 9.36. The highest BCUT2D eigenvalue weighted by Crippen LogP contribution is 2.17. The number of nitrogens with two attached hydrogens (primary N) is 1. The highest BCUT2D eigenvalue weighted by Gasteiger charge is 2.19. The molecule has 1 heterocycles. The van der Waals surface area contributed by atoms with Gasteiger partial charge in [0.15, 0.2) is 5.82 Å². The van der Waals surface area contributed by atoms with Crippen LogP contribution >= 0.6 is 0 Å². The summed E-state index contributed by atoms with van der Waals surface area (Å²) in [5, 5.41) is 9.76. The van der Waals surface area contributed by atoms with Crippen LogP contribution in [0.5, 0.6) is 0 Å². The maximum absolute atomic E-state index is 11.9. The zero-order chi connectivity index (χ0) is 14.8. The number of hydrogen-bond acceptors (Lipinski definition) is 4. The molecule has 0 saturated heterocycles. The number of aromatic nitrogens is 3. The van der Waals surface area contributed by atoms with Crippen LogP contribution in [0.2, 0.25) is 0 Å². The number of benzene rings is 1. The number of H-pyrrole nitrogens is 1. The summed E-state index contributed by atoms with van der Waals surface area (Å²) in [4.78, 5) is 16.3. The Kier molecular flexibility index (Phi) is 3.74. The third-order valence-electron chi connectivity index (χ3n) is 2.79. The molecule has 0 bridgehead atoms. The first-order valence-electron chi connectivity index (χ1n) is 6.42. The van der Waals surface area contributed by atoms with Gasteiger partial charge in [-0.2, -0.15) is 5.10 Å². The lowest BCUT2D eigenvalue weighted by Crippen LogP contribution is -2.23. The molecule has 1 aromatic heterocycles. The van der Waals surface area contributed by atoms with E-state index in [1.54, 1.807) is 24.3 Å². The molecule has 0 spiro atoms. The Labute approximate surface area is 117 Å². The van der Waals surface area contributed by atoms with E-state index in [4.69, 9.17) is 5.73 Å². The van der Waals surface area contributed by atoms with Gasteiger partial charge in [0, 0.05) is 16.7 Å². The molecule has 4 N–H and O–H groups in total. The monoisotopic (exact) mass is 273 g/mol. The standard InChI is InChI=1S/C14H19N5O/c1-14(2,3)13-17-11(18-19-13)8-16-12(20)9-4-6-10(15)7-5-9/h4-7H,8,15H2,1-3H3,(H,16,20)(H,17,18,19). The van der Waals surface area contributed by atoms with Gasteiger partial charge in [-0.05, 0) is 24.3 Å². The normalized spacial score (nSPS) is 11.3. The molecule has 106 valence electrons. The Bertz CT molecular complexity index is 595. The smallest absolute Gasteiger partial charge is 0.251 e. The van der Waals surface area contributed by atoms with Crippen LogP contribution in [0.1, 0.15) is 42.8 Å². The van der Waals surface area contributed by atoms with E-state index in [1.807, 2.05) is 20.8 Å². The summed E-state index contributed by atoms with van der Waals surface area (Å²) in [7, 11) is 0. The van der Waals surface area contributed by atoms with Crippen LogP contribution in [-0.2, 0) is 12.0 Å². The molecule has 20 heavy (non-hydrogen) atoms. The fraction of sp³-hybridized carbons (Fsp3) is 0.357. The largest absolute Gasteiger partial charge is 0.399 e. The number of rotatable bonds is 3. The molecule has 0 unspecified atom stereocenters. The summed E-state index contributed by atoms with van der Waals surface area (Å²) in [5.74, 6) is 1.20. The summed E-state index contributed by atoms with van der Waals surface area (Å²) in [6, 6.07) is 6.76. The molecule has 0 saturated carbocycles. The van der Waals surface area contributed by atoms with E-state index in [9.17, 15) is 4.79 Å². The van der Waals surface area contributed by atoms with Crippen molar-refractivity contribution in [2.75, 3.05) is 5.73 Å². The molecule has 6 heteroatoms. The Morgan fingerprint density at radius 3 is 2.50 bits per heavy atom. The van der Waals surface area contributed by atoms with Gasteiger partial charge >= 0.3 is 0 Å². The van der Waals surface area contributed by atoms with Gasteiger partial charge in [-0.3, -0.25) is 9.89 Å². The number of hydrogen-bond donors (Lipinski definition) is 3. The van der Waals surface area contributed by atoms with Crippen LogP contribution in [0.25, 0.3) is 0 Å². The summed E-state index contributed by atoms with van der Waals surface area (Å²) in [6.07, 6.45) is 0. The molecule has 0 aliphatic rings. The molecule has 6 nitrogen and oxygen atoms in total. The molecule has 2 aromatic rings. The van der Waals surface area contributed by atoms with E-state index in [2.05, 4.69) is 20.5 Å². The van der Waals surface area contributed by atoms with Gasteiger partial charge < -0.3 is 11.1 Å². The van der Waals surface area contributed by atoms with Gasteiger partial charge in [-0.1, -0.05) is 20.8 Å². The number of amides is 1. The molecule has 0 radical (unpaired) electrons. The number of carbonyl (C=O) groups excluding carboxylic acids is 1. The predicted molar refractivity (Wildman–Crippen MR) is 77.1 cm³/mol. The lowest BCUT2D eigenvalue weighted by atomic mass is 9.96. The van der Waals surface area contributed by atoms with Crippen molar-refractivity contribution in [1.29, 1.82) is 0 Å². The van der Waals surface area contributed by atoms with E-state index in [0.717, 1.165) is 5.82 Å². The number of nitrogens with one attached hydrogen (secondary N) is 2. The molecule has 0 aliphatic carbocycles. The van der Waals surface area contributed by atoms with Gasteiger partial charge in [0.1, 0.15) is 5.82 Å². The van der Waals surface area contributed by atoms with Crippen LogP contribution in [0.3, 0.4) is 0 Å². The van der Waals surface area contributed by atoms with Crippen molar-refractivity contribution in [2.45, 2.75) is 32.7 Å². The van der Waals surface area contributed by atoms with Crippen LogP contribution in [0, 0.1) is 0 Å². The minimum atomic E-state index is -0.168. The van der Waals surface area contributed by atoms with Crippen molar-refractivity contribution in [3.63, 3.8) is 0 Å². The third-order valence-corrected chi connectivity index (χ3v) is 2.79. The minimum absolute atomic E-state index is 0.115. The molecular weight excluding hydrogens is 254 g/mol. The van der Waals surface area contributed by atoms with E-state index < -0.39 is 0 Å². The first-order valence-corrected chi connectivity index (χ1v) is 6.42. The van der Waals surface area contributed by atoms with E-state index in [-0.39, 0.29) is 11.3 Å². The maximum Gasteiger partial charge on any atom is 0.251 e. The second-order valence-corrected chi connectivity index (χ2v) is 5.66. The van der Waals surface area contributed by atoms with Crippen molar-refractivity contribution in [2.24, 2.45) is 0 Å². The summed E-state index contributed by atoms with van der Waals surface area (Å²) < 4.78 is 0. The molecule has 0 atom stereocenters. The minimum Gasteiger partial charge on any atom is -0.399 e.